The second-order valence-corrected chi connectivity index (χ2v) is 10.0. The second kappa shape index (κ2) is 8.68. The number of likely N-dealkylation sites (tertiary alicyclic amines) is 1. The minimum Gasteiger partial charge on any atom is -0.593 e. The number of rotatable bonds is 6. The van der Waals surface area contributed by atoms with E-state index in [-0.39, 0.29) is 5.25 Å². The number of hydrogen-bond acceptors (Lipinski definition) is 5. The molecule has 1 aromatic heterocycles. The zero-order valence-corrected chi connectivity index (χ0v) is 18.5. The minimum atomic E-state index is -1.39. The fourth-order valence-corrected chi connectivity index (χ4v) is 5.76. The van der Waals surface area contributed by atoms with E-state index < -0.39 is 17.4 Å². The molecule has 2 heterocycles. The third-order valence-electron chi connectivity index (χ3n) is 6.74. The van der Waals surface area contributed by atoms with E-state index in [9.17, 15) is 9.35 Å². The van der Waals surface area contributed by atoms with E-state index in [2.05, 4.69) is 26.0 Å². The first kappa shape index (κ1) is 20.6. The molecule has 3 aliphatic rings. The van der Waals surface area contributed by atoms with Crippen molar-refractivity contribution in [2.75, 3.05) is 25.5 Å². The van der Waals surface area contributed by atoms with Gasteiger partial charge in [-0.2, -0.15) is 4.72 Å². The predicted molar refractivity (Wildman–Crippen MR) is 122 cm³/mol. The molecule has 164 valence electrons. The molecule has 0 radical (unpaired) electrons. The quantitative estimate of drug-likeness (QED) is 0.673. The van der Waals surface area contributed by atoms with Crippen LogP contribution >= 0.6 is 0 Å². The Morgan fingerprint density at radius 2 is 2.06 bits per heavy atom. The van der Waals surface area contributed by atoms with Crippen LogP contribution in [0.25, 0.3) is 11.1 Å². The van der Waals surface area contributed by atoms with Gasteiger partial charge >= 0.3 is 6.03 Å². The number of urea groups is 1. The summed E-state index contributed by atoms with van der Waals surface area (Å²) in [5.41, 5.74) is 5.06. The first-order chi connectivity index (χ1) is 15.1. The van der Waals surface area contributed by atoms with Gasteiger partial charge in [-0.05, 0) is 54.9 Å². The maximum atomic E-state index is 12.8. The number of benzene rings is 1. The molecule has 1 saturated carbocycles. The third kappa shape index (κ3) is 4.12. The van der Waals surface area contributed by atoms with E-state index in [4.69, 9.17) is 4.74 Å². The summed E-state index contributed by atoms with van der Waals surface area (Å²) < 4.78 is 20.6. The molecule has 2 fully saturated rings. The number of anilines is 1. The van der Waals surface area contributed by atoms with E-state index in [1.165, 1.54) is 24.8 Å². The maximum absolute atomic E-state index is 12.8. The summed E-state index contributed by atoms with van der Waals surface area (Å²) in [5, 5.41) is 3.03. The van der Waals surface area contributed by atoms with Crippen LogP contribution in [0.2, 0.25) is 0 Å². The molecule has 1 saturated heterocycles. The minimum absolute atomic E-state index is 0.0109. The zero-order valence-electron chi connectivity index (χ0n) is 17.7. The Bertz CT molecular complexity index is 975. The molecule has 1 aromatic carbocycles. The van der Waals surface area contributed by atoms with Gasteiger partial charge in [0.2, 0.25) is 5.88 Å². The molecular weight excluding hydrogens is 412 g/mol. The van der Waals surface area contributed by atoms with E-state index in [1.807, 2.05) is 18.2 Å². The maximum Gasteiger partial charge on any atom is 0.360 e. The SMILES string of the molecule is COc1cc(-c2ccc3c(c2NC(=O)N[S+]([O-])C2CN(C4CCC4)C2)CCC3)ccn1. The summed E-state index contributed by atoms with van der Waals surface area (Å²) in [6, 6.07) is 8.19. The second-order valence-electron chi connectivity index (χ2n) is 8.58. The fourth-order valence-electron chi connectivity index (χ4n) is 4.71. The van der Waals surface area contributed by atoms with E-state index in [0.717, 1.165) is 54.7 Å². The number of nitrogens with one attached hydrogen (secondary N) is 2. The molecule has 7 nitrogen and oxygen atoms in total. The molecule has 1 aliphatic heterocycles. The summed E-state index contributed by atoms with van der Waals surface area (Å²) in [6.07, 6.45) is 8.48. The van der Waals surface area contributed by atoms with Gasteiger partial charge in [0.15, 0.2) is 5.25 Å². The topological polar surface area (TPSA) is 89.5 Å². The van der Waals surface area contributed by atoms with Crippen LogP contribution in [-0.2, 0) is 24.2 Å². The molecule has 2 amide bonds. The molecule has 0 spiro atoms. The van der Waals surface area contributed by atoms with Crippen LogP contribution in [0.5, 0.6) is 5.88 Å². The highest BCUT2D eigenvalue weighted by Crippen LogP contribution is 2.38. The smallest absolute Gasteiger partial charge is 0.360 e. The standard InChI is InChI=1S/C23H28N4O3S/c1-30-21-12-16(10-11-24-21)20-9-8-15-4-2-7-19(15)22(20)25-23(28)26-31(29)18-13-27(14-18)17-5-3-6-17/h8-12,17-18H,2-7,13-14H2,1H3,(H2,25,26,28). The number of ether oxygens (including phenoxy) is 1. The molecule has 2 aliphatic carbocycles. The van der Waals surface area contributed by atoms with Crippen molar-refractivity contribution in [1.29, 1.82) is 0 Å². The van der Waals surface area contributed by atoms with Crippen molar-refractivity contribution >= 4 is 23.1 Å². The van der Waals surface area contributed by atoms with Crippen molar-refractivity contribution in [3.05, 3.63) is 41.6 Å². The molecule has 1 atom stereocenters. The number of aromatic nitrogens is 1. The first-order valence-corrected chi connectivity index (χ1v) is 12.2. The van der Waals surface area contributed by atoms with Crippen LogP contribution < -0.4 is 14.8 Å². The van der Waals surface area contributed by atoms with E-state index in [0.29, 0.717) is 11.9 Å². The Labute approximate surface area is 185 Å². The van der Waals surface area contributed by atoms with Crippen LogP contribution in [0.1, 0.15) is 36.8 Å². The van der Waals surface area contributed by atoms with Crippen LogP contribution in [0.3, 0.4) is 0 Å². The van der Waals surface area contributed by atoms with Crippen LogP contribution in [0.4, 0.5) is 10.5 Å². The monoisotopic (exact) mass is 440 g/mol. The van der Waals surface area contributed by atoms with Crippen molar-refractivity contribution in [1.82, 2.24) is 14.6 Å². The lowest BCUT2D eigenvalue weighted by molar-refractivity contribution is 0.0704. The summed E-state index contributed by atoms with van der Waals surface area (Å²) in [7, 11) is 1.59. The summed E-state index contributed by atoms with van der Waals surface area (Å²) in [5.74, 6) is 0.524. The Morgan fingerprint density at radius 1 is 1.23 bits per heavy atom. The van der Waals surface area contributed by atoms with Gasteiger partial charge in [-0.3, -0.25) is 4.90 Å². The van der Waals surface area contributed by atoms with Crippen LogP contribution in [-0.4, -0.2) is 52.0 Å². The highest BCUT2D eigenvalue weighted by molar-refractivity contribution is 7.90. The lowest BCUT2D eigenvalue weighted by Gasteiger charge is -2.46. The third-order valence-corrected chi connectivity index (χ3v) is 8.03. The molecule has 5 rings (SSSR count). The molecule has 2 aromatic rings. The number of amides is 2. The van der Waals surface area contributed by atoms with Gasteiger partial charge < -0.3 is 14.6 Å². The van der Waals surface area contributed by atoms with Gasteiger partial charge in [-0.1, -0.05) is 18.6 Å². The molecule has 2 N–H and O–H groups in total. The average molecular weight is 441 g/mol. The van der Waals surface area contributed by atoms with E-state index in [1.54, 1.807) is 13.3 Å². The fraction of sp³-hybridized carbons (Fsp3) is 0.478. The number of methoxy groups -OCH3 is 1. The first-order valence-electron chi connectivity index (χ1n) is 11.0. The van der Waals surface area contributed by atoms with Gasteiger partial charge in [-0.15, -0.1) is 0 Å². The summed E-state index contributed by atoms with van der Waals surface area (Å²) in [4.78, 5) is 19.4. The summed E-state index contributed by atoms with van der Waals surface area (Å²) in [6.45, 7) is 1.61. The van der Waals surface area contributed by atoms with Crippen molar-refractivity contribution in [3.8, 4) is 17.0 Å². The van der Waals surface area contributed by atoms with Gasteiger partial charge in [0, 0.05) is 23.9 Å². The number of pyridine rings is 1. The van der Waals surface area contributed by atoms with Gasteiger partial charge in [0.25, 0.3) is 0 Å². The highest BCUT2D eigenvalue weighted by atomic mass is 32.2. The number of fused-ring (bicyclic) bond motifs is 1. The molecule has 0 bridgehead atoms. The Hall–Kier alpha value is -2.29. The largest absolute Gasteiger partial charge is 0.593 e. The van der Waals surface area contributed by atoms with Gasteiger partial charge in [0.05, 0.1) is 37.2 Å². The Morgan fingerprint density at radius 3 is 2.81 bits per heavy atom. The average Bonchev–Trinajstić information content (AvgIpc) is 3.18. The van der Waals surface area contributed by atoms with Crippen molar-refractivity contribution in [3.63, 3.8) is 0 Å². The zero-order chi connectivity index (χ0) is 21.4. The van der Waals surface area contributed by atoms with Crippen LogP contribution in [0, 0.1) is 0 Å². The van der Waals surface area contributed by atoms with Crippen LogP contribution in [0.15, 0.2) is 30.5 Å². The number of carbonyl (C=O) groups is 1. The molecule has 1 unspecified atom stereocenters. The highest BCUT2D eigenvalue weighted by Gasteiger charge is 2.42. The van der Waals surface area contributed by atoms with Crippen molar-refractivity contribution < 1.29 is 14.1 Å². The Balaban J connectivity index is 1.31. The number of carbonyl (C=O) groups excluding carboxylic acids is 1. The lowest BCUT2D eigenvalue weighted by atomic mass is 9.89. The normalized spacial score (nSPS) is 19.8. The number of nitrogens with zero attached hydrogens (tertiary/aromatic N) is 2. The van der Waals surface area contributed by atoms with Gasteiger partial charge in [-0.25, -0.2) is 9.78 Å². The van der Waals surface area contributed by atoms with Crippen molar-refractivity contribution in [2.45, 2.75) is 49.8 Å². The predicted octanol–water partition coefficient (Wildman–Crippen LogP) is 3.27. The van der Waals surface area contributed by atoms with Crippen molar-refractivity contribution in [2.24, 2.45) is 0 Å². The number of aryl methyl sites for hydroxylation is 1. The van der Waals surface area contributed by atoms with Gasteiger partial charge in [0.1, 0.15) is 0 Å². The Kier molecular flexibility index (Phi) is 5.77. The number of hydrogen-bond donors (Lipinski definition) is 2. The summed E-state index contributed by atoms with van der Waals surface area (Å²) >= 11 is -1.39. The van der Waals surface area contributed by atoms with E-state index >= 15 is 0 Å². The molecule has 8 heteroatoms. The molecule has 31 heavy (non-hydrogen) atoms. The lowest BCUT2D eigenvalue weighted by Crippen LogP contribution is -2.62. The molecular formula is C23H28N4O3S.